The Labute approximate surface area is 122 Å². The molecule has 1 atom stereocenters. The number of hydrogen-bond donors (Lipinski definition) is 1. The highest BCUT2D eigenvalue weighted by Crippen LogP contribution is 2.31. The predicted octanol–water partition coefficient (Wildman–Crippen LogP) is 4.86. The van der Waals surface area contributed by atoms with Gasteiger partial charge < -0.3 is 5.11 Å². The molecular weight excluding hydrogens is 364 g/mol. The Morgan fingerprint density at radius 3 is 2.65 bits per heavy atom. The van der Waals surface area contributed by atoms with E-state index in [1.165, 1.54) is 4.88 Å². The quantitative estimate of drug-likeness (QED) is 0.812. The van der Waals surface area contributed by atoms with Gasteiger partial charge in [-0.05, 0) is 46.1 Å². The van der Waals surface area contributed by atoms with Crippen LogP contribution in [0.2, 0.25) is 0 Å². The second-order valence-corrected chi connectivity index (χ2v) is 7.24. The van der Waals surface area contributed by atoms with Crippen molar-refractivity contribution in [1.82, 2.24) is 0 Å². The number of benzene rings is 1. The van der Waals surface area contributed by atoms with Crippen LogP contribution in [0.1, 0.15) is 22.1 Å². The molecule has 17 heavy (non-hydrogen) atoms. The van der Waals surface area contributed by atoms with Gasteiger partial charge in [-0.1, -0.05) is 34.1 Å². The van der Waals surface area contributed by atoms with Crippen molar-refractivity contribution in [2.75, 3.05) is 0 Å². The third kappa shape index (κ3) is 3.19. The SMILES string of the molecule is Cc1cccc(C(O)Cc2ccc(Br)s2)c1Br. The zero-order valence-electron chi connectivity index (χ0n) is 9.28. The average molecular weight is 376 g/mol. The summed E-state index contributed by atoms with van der Waals surface area (Å²) in [5.74, 6) is 0. The van der Waals surface area contributed by atoms with Crippen molar-refractivity contribution >= 4 is 43.2 Å². The number of halogens is 2. The maximum Gasteiger partial charge on any atom is 0.0849 e. The highest BCUT2D eigenvalue weighted by molar-refractivity contribution is 9.11. The van der Waals surface area contributed by atoms with Gasteiger partial charge >= 0.3 is 0 Å². The largest absolute Gasteiger partial charge is 0.388 e. The normalized spacial score (nSPS) is 12.7. The maximum atomic E-state index is 10.2. The summed E-state index contributed by atoms with van der Waals surface area (Å²) in [6.45, 7) is 2.03. The molecular formula is C13H12Br2OS. The van der Waals surface area contributed by atoms with E-state index in [0.717, 1.165) is 19.4 Å². The zero-order chi connectivity index (χ0) is 12.4. The molecule has 0 spiro atoms. The molecule has 1 aromatic carbocycles. The van der Waals surface area contributed by atoms with Crippen LogP contribution in [0.4, 0.5) is 0 Å². The Bertz CT molecular complexity index is 522. The molecule has 0 aliphatic carbocycles. The van der Waals surface area contributed by atoms with Gasteiger partial charge in [-0.3, -0.25) is 0 Å². The molecule has 2 rings (SSSR count). The van der Waals surface area contributed by atoms with Gasteiger partial charge in [0.25, 0.3) is 0 Å². The minimum atomic E-state index is -0.463. The van der Waals surface area contributed by atoms with Gasteiger partial charge in [0.05, 0.1) is 9.89 Å². The van der Waals surface area contributed by atoms with Crippen LogP contribution < -0.4 is 0 Å². The summed E-state index contributed by atoms with van der Waals surface area (Å²) in [7, 11) is 0. The molecule has 1 nitrogen and oxygen atoms in total. The molecule has 2 aromatic rings. The summed E-state index contributed by atoms with van der Waals surface area (Å²) in [4.78, 5) is 1.18. The van der Waals surface area contributed by atoms with Gasteiger partial charge in [-0.25, -0.2) is 0 Å². The van der Waals surface area contributed by atoms with Crippen LogP contribution in [-0.4, -0.2) is 5.11 Å². The molecule has 1 unspecified atom stereocenters. The lowest BCUT2D eigenvalue weighted by molar-refractivity contribution is 0.178. The number of aliphatic hydroxyl groups is 1. The minimum absolute atomic E-state index is 0.463. The minimum Gasteiger partial charge on any atom is -0.388 e. The third-order valence-corrected chi connectivity index (χ3v) is 5.33. The van der Waals surface area contributed by atoms with Crippen molar-refractivity contribution in [2.45, 2.75) is 19.4 Å². The van der Waals surface area contributed by atoms with Crippen molar-refractivity contribution < 1.29 is 5.11 Å². The van der Waals surface area contributed by atoms with Crippen LogP contribution in [0, 0.1) is 6.92 Å². The second-order valence-electron chi connectivity index (χ2n) is 3.90. The Kier molecular flexibility index (Phi) is 4.42. The van der Waals surface area contributed by atoms with Crippen LogP contribution in [0.5, 0.6) is 0 Å². The van der Waals surface area contributed by atoms with Crippen LogP contribution in [0.25, 0.3) is 0 Å². The average Bonchev–Trinajstić information content (AvgIpc) is 2.68. The van der Waals surface area contributed by atoms with E-state index >= 15 is 0 Å². The fourth-order valence-electron chi connectivity index (χ4n) is 1.69. The van der Waals surface area contributed by atoms with E-state index in [-0.39, 0.29) is 0 Å². The summed E-state index contributed by atoms with van der Waals surface area (Å²) in [6, 6.07) is 10.0. The Morgan fingerprint density at radius 2 is 2.00 bits per heavy atom. The lowest BCUT2D eigenvalue weighted by atomic mass is 10.0. The summed E-state index contributed by atoms with van der Waals surface area (Å²) in [6.07, 6.45) is 0.188. The topological polar surface area (TPSA) is 20.2 Å². The van der Waals surface area contributed by atoms with Gasteiger partial charge in [-0.15, -0.1) is 11.3 Å². The number of aliphatic hydroxyl groups excluding tert-OH is 1. The predicted molar refractivity (Wildman–Crippen MR) is 79.6 cm³/mol. The zero-order valence-corrected chi connectivity index (χ0v) is 13.3. The second kappa shape index (κ2) is 5.65. The molecule has 0 fully saturated rings. The third-order valence-electron chi connectivity index (χ3n) is 2.60. The van der Waals surface area contributed by atoms with Crippen molar-refractivity contribution in [1.29, 1.82) is 0 Å². The smallest absolute Gasteiger partial charge is 0.0849 e. The molecule has 0 bridgehead atoms. The van der Waals surface area contributed by atoms with Crippen LogP contribution in [0.3, 0.4) is 0 Å². The van der Waals surface area contributed by atoms with Crippen LogP contribution in [0.15, 0.2) is 38.6 Å². The first kappa shape index (κ1) is 13.3. The molecule has 1 aromatic heterocycles. The monoisotopic (exact) mass is 374 g/mol. The Hall–Kier alpha value is -0.160. The Morgan fingerprint density at radius 1 is 1.24 bits per heavy atom. The lowest BCUT2D eigenvalue weighted by Gasteiger charge is -2.13. The van der Waals surface area contributed by atoms with E-state index < -0.39 is 6.10 Å². The highest BCUT2D eigenvalue weighted by Gasteiger charge is 2.14. The molecule has 0 radical (unpaired) electrons. The summed E-state index contributed by atoms with van der Waals surface area (Å²) in [5, 5.41) is 10.2. The summed E-state index contributed by atoms with van der Waals surface area (Å²) in [5.41, 5.74) is 2.10. The van der Waals surface area contributed by atoms with E-state index in [4.69, 9.17) is 0 Å². The fraction of sp³-hybridized carbons (Fsp3) is 0.231. The molecule has 1 heterocycles. The molecule has 0 amide bonds. The van der Waals surface area contributed by atoms with Crippen molar-refractivity contribution in [3.63, 3.8) is 0 Å². The Balaban J connectivity index is 2.20. The molecule has 90 valence electrons. The van der Waals surface area contributed by atoms with E-state index in [9.17, 15) is 5.11 Å². The first-order chi connectivity index (χ1) is 8.08. The van der Waals surface area contributed by atoms with Gasteiger partial charge in [0, 0.05) is 15.8 Å². The van der Waals surface area contributed by atoms with Crippen LogP contribution in [-0.2, 0) is 6.42 Å². The van der Waals surface area contributed by atoms with E-state index in [1.54, 1.807) is 11.3 Å². The molecule has 4 heteroatoms. The standard InChI is InChI=1S/C13H12Br2OS/c1-8-3-2-4-10(13(8)15)11(16)7-9-5-6-12(14)17-9/h2-6,11,16H,7H2,1H3. The van der Waals surface area contributed by atoms with Crippen molar-refractivity contribution in [3.8, 4) is 0 Å². The van der Waals surface area contributed by atoms with Crippen LogP contribution >= 0.6 is 43.2 Å². The van der Waals surface area contributed by atoms with Gasteiger partial charge in [-0.2, -0.15) is 0 Å². The van der Waals surface area contributed by atoms with Gasteiger partial charge in [0.15, 0.2) is 0 Å². The maximum absolute atomic E-state index is 10.2. The van der Waals surface area contributed by atoms with E-state index in [1.807, 2.05) is 37.3 Å². The molecule has 0 saturated heterocycles. The summed E-state index contributed by atoms with van der Waals surface area (Å²) >= 11 is 8.63. The molecule has 0 aliphatic heterocycles. The first-order valence-corrected chi connectivity index (χ1v) is 7.65. The molecule has 0 aliphatic rings. The number of hydrogen-bond acceptors (Lipinski definition) is 2. The van der Waals surface area contributed by atoms with Crippen molar-refractivity contribution in [2.24, 2.45) is 0 Å². The van der Waals surface area contributed by atoms with Crippen molar-refractivity contribution in [3.05, 3.63) is 54.6 Å². The number of thiophene rings is 1. The highest BCUT2D eigenvalue weighted by atomic mass is 79.9. The number of aryl methyl sites for hydroxylation is 1. The molecule has 0 saturated carbocycles. The number of rotatable bonds is 3. The van der Waals surface area contributed by atoms with Gasteiger partial charge in [0.2, 0.25) is 0 Å². The van der Waals surface area contributed by atoms with Gasteiger partial charge in [0.1, 0.15) is 0 Å². The van der Waals surface area contributed by atoms with E-state index in [2.05, 4.69) is 31.9 Å². The molecule has 1 N–H and O–H groups in total. The first-order valence-electron chi connectivity index (χ1n) is 5.25. The summed E-state index contributed by atoms with van der Waals surface area (Å²) < 4.78 is 2.10. The fourth-order valence-corrected chi connectivity index (χ4v) is 3.74. The lowest BCUT2D eigenvalue weighted by Crippen LogP contribution is -2.02. The van der Waals surface area contributed by atoms with E-state index in [0.29, 0.717) is 6.42 Å².